The van der Waals surface area contributed by atoms with E-state index in [4.69, 9.17) is 9.47 Å². The average Bonchev–Trinajstić information content (AvgIpc) is 2.29. The van der Waals surface area contributed by atoms with Gasteiger partial charge in [0.25, 0.3) is 0 Å². The minimum Gasteiger partial charge on any atom is -0.497 e. The predicted octanol–water partition coefficient (Wildman–Crippen LogP) is 2.15. The second kappa shape index (κ2) is 4.94. The molecule has 0 aromatic heterocycles. The molecule has 0 saturated heterocycles. The number of methoxy groups -OCH3 is 2. The molecule has 0 amide bonds. The number of hydrogen-bond acceptors (Lipinski definition) is 3. The molecule has 0 spiro atoms. The monoisotopic (exact) mass is 208 g/mol. The molecule has 1 aromatic rings. The summed E-state index contributed by atoms with van der Waals surface area (Å²) >= 11 is 0. The fourth-order valence-electron chi connectivity index (χ4n) is 1.42. The molecule has 3 nitrogen and oxygen atoms in total. The zero-order chi connectivity index (χ0) is 11.3. The molecule has 1 rings (SSSR count). The van der Waals surface area contributed by atoms with Crippen molar-refractivity contribution in [1.82, 2.24) is 0 Å². The van der Waals surface area contributed by atoms with Crippen LogP contribution in [0.5, 0.6) is 5.75 Å². The van der Waals surface area contributed by atoms with Gasteiger partial charge in [-0.2, -0.15) is 0 Å². The summed E-state index contributed by atoms with van der Waals surface area (Å²) < 4.78 is 10.4. The van der Waals surface area contributed by atoms with Crippen LogP contribution in [0.4, 0.5) is 0 Å². The Balaban J connectivity index is 2.96. The Morgan fingerprint density at radius 1 is 1.27 bits per heavy atom. The highest BCUT2D eigenvalue weighted by Crippen LogP contribution is 2.28. The molecule has 1 unspecified atom stereocenters. The Morgan fingerprint density at radius 3 is 2.27 bits per heavy atom. The molecule has 0 aliphatic carbocycles. The average molecular weight is 208 g/mol. The molecule has 1 aromatic carbocycles. The molecule has 0 fully saturated rings. The van der Waals surface area contributed by atoms with E-state index < -0.39 is 5.60 Å². The van der Waals surface area contributed by atoms with Gasteiger partial charge in [-0.05, 0) is 24.6 Å². The molecular formula is C12H16O3. The quantitative estimate of drug-likeness (QED) is 0.695. The maximum Gasteiger partial charge on any atom is 0.123 e. The molecular weight excluding hydrogens is 192 g/mol. The number of carbonyl (C=O) groups excluding carboxylic acids is 1. The van der Waals surface area contributed by atoms with Crippen molar-refractivity contribution in [1.29, 1.82) is 0 Å². The third-order valence-electron chi connectivity index (χ3n) is 2.62. The summed E-state index contributed by atoms with van der Waals surface area (Å²) in [4.78, 5) is 10.6. The van der Waals surface area contributed by atoms with Crippen molar-refractivity contribution in [3.63, 3.8) is 0 Å². The van der Waals surface area contributed by atoms with Crippen molar-refractivity contribution in [2.24, 2.45) is 0 Å². The largest absolute Gasteiger partial charge is 0.497 e. The van der Waals surface area contributed by atoms with Gasteiger partial charge < -0.3 is 14.3 Å². The minimum absolute atomic E-state index is 0.343. The Bertz CT molecular complexity index is 318. The minimum atomic E-state index is -0.548. The molecule has 15 heavy (non-hydrogen) atoms. The fraction of sp³-hybridized carbons (Fsp3) is 0.417. The topological polar surface area (TPSA) is 35.5 Å². The lowest BCUT2D eigenvalue weighted by atomic mass is 9.93. The summed E-state index contributed by atoms with van der Waals surface area (Å²) in [6.07, 6.45) is 1.21. The van der Waals surface area contributed by atoms with E-state index in [-0.39, 0.29) is 0 Å². The van der Waals surface area contributed by atoms with E-state index in [1.54, 1.807) is 14.2 Å². The number of rotatable bonds is 5. The maximum atomic E-state index is 10.6. The Morgan fingerprint density at radius 2 is 1.87 bits per heavy atom. The SMILES string of the molecule is COc1ccc(C(C)(CC=O)OC)cc1. The first kappa shape index (κ1) is 11.7. The maximum absolute atomic E-state index is 10.6. The molecule has 0 aliphatic heterocycles. The summed E-state index contributed by atoms with van der Waals surface area (Å²) in [5.41, 5.74) is 0.423. The van der Waals surface area contributed by atoms with Gasteiger partial charge in [-0.1, -0.05) is 12.1 Å². The van der Waals surface area contributed by atoms with E-state index in [0.717, 1.165) is 17.6 Å². The van der Waals surface area contributed by atoms with E-state index in [2.05, 4.69) is 0 Å². The van der Waals surface area contributed by atoms with E-state index in [0.29, 0.717) is 6.42 Å². The number of hydrogen-bond donors (Lipinski definition) is 0. The van der Waals surface area contributed by atoms with Gasteiger partial charge >= 0.3 is 0 Å². The Kier molecular flexibility index (Phi) is 3.86. The van der Waals surface area contributed by atoms with Crippen LogP contribution in [-0.4, -0.2) is 20.5 Å². The van der Waals surface area contributed by atoms with Crippen LogP contribution in [0.3, 0.4) is 0 Å². The summed E-state index contributed by atoms with van der Waals surface area (Å²) in [6, 6.07) is 7.53. The molecule has 0 heterocycles. The lowest BCUT2D eigenvalue weighted by Crippen LogP contribution is -2.24. The smallest absolute Gasteiger partial charge is 0.123 e. The van der Waals surface area contributed by atoms with Crippen molar-refractivity contribution in [3.8, 4) is 5.75 Å². The third kappa shape index (κ3) is 2.57. The van der Waals surface area contributed by atoms with Gasteiger partial charge in [0.2, 0.25) is 0 Å². The molecule has 1 atom stereocenters. The number of aldehydes is 1. The highest BCUT2D eigenvalue weighted by atomic mass is 16.5. The zero-order valence-corrected chi connectivity index (χ0v) is 9.32. The molecule has 82 valence electrons. The third-order valence-corrected chi connectivity index (χ3v) is 2.62. The fourth-order valence-corrected chi connectivity index (χ4v) is 1.42. The highest BCUT2D eigenvalue weighted by molar-refractivity contribution is 5.52. The number of benzene rings is 1. The van der Waals surface area contributed by atoms with Crippen LogP contribution in [0.2, 0.25) is 0 Å². The van der Waals surface area contributed by atoms with Crippen molar-refractivity contribution in [2.75, 3.05) is 14.2 Å². The molecule has 0 radical (unpaired) electrons. The van der Waals surface area contributed by atoms with Crippen molar-refractivity contribution >= 4 is 6.29 Å². The molecule has 0 saturated carbocycles. The van der Waals surface area contributed by atoms with E-state index in [9.17, 15) is 4.79 Å². The van der Waals surface area contributed by atoms with Gasteiger partial charge in [0, 0.05) is 13.5 Å². The van der Waals surface area contributed by atoms with Crippen molar-refractivity contribution < 1.29 is 14.3 Å². The normalized spacial score (nSPS) is 14.3. The second-order valence-corrected chi connectivity index (χ2v) is 3.53. The Labute approximate surface area is 90.0 Å². The van der Waals surface area contributed by atoms with Gasteiger partial charge in [0.1, 0.15) is 12.0 Å². The predicted molar refractivity (Wildman–Crippen MR) is 58.0 cm³/mol. The number of ether oxygens (including phenoxy) is 2. The summed E-state index contributed by atoms with van der Waals surface area (Å²) in [5, 5.41) is 0. The first-order valence-corrected chi connectivity index (χ1v) is 4.79. The molecule has 0 aliphatic rings. The van der Waals surface area contributed by atoms with Crippen molar-refractivity contribution in [2.45, 2.75) is 18.9 Å². The van der Waals surface area contributed by atoms with Crippen LogP contribution in [-0.2, 0) is 15.1 Å². The summed E-state index contributed by atoms with van der Waals surface area (Å²) in [5.74, 6) is 0.795. The summed E-state index contributed by atoms with van der Waals surface area (Å²) in [6.45, 7) is 1.89. The van der Waals surface area contributed by atoms with Crippen LogP contribution in [0.1, 0.15) is 18.9 Å². The lowest BCUT2D eigenvalue weighted by molar-refractivity contribution is -0.113. The van der Waals surface area contributed by atoms with Crippen LogP contribution >= 0.6 is 0 Å². The van der Waals surface area contributed by atoms with Gasteiger partial charge in [-0.25, -0.2) is 0 Å². The standard InChI is InChI=1S/C12H16O3/c1-12(15-3,8-9-13)10-4-6-11(14-2)7-5-10/h4-7,9H,8H2,1-3H3. The Hall–Kier alpha value is -1.35. The first-order chi connectivity index (χ1) is 7.16. The molecule has 3 heteroatoms. The number of carbonyl (C=O) groups is 1. The van der Waals surface area contributed by atoms with E-state index in [1.807, 2.05) is 31.2 Å². The van der Waals surface area contributed by atoms with Crippen LogP contribution in [0.15, 0.2) is 24.3 Å². The van der Waals surface area contributed by atoms with E-state index in [1.165, 1.54) is 0 Å². The summed E-state index contributed by atoms with van der Waals surface area (Å²) in [7, 11) is 3.23. The van der Waals surface area contributed by atoms with Crippen LogP contribution < -0.4 is 4.74 Å². The molecule has 0 N–H and O–H groups in total. The second-order valence-electron chi connectivity index (χ2n) is 3.53. The van der Waals surface area contributed by atoms with Crippen molar-refractivity contribution in [3.05, 3.63) is 29.8 Å². The highest BCUT2D eigenvalue weighted by Gasteiger charge is 2.25. The van der Waals surface area contributed by atoms with E-state index >= 15 is 0 Å². The van der Waals surface area contributed by atoms with Gasteiger partial charge in [0.05, 0.1) is 12.7 Å². The van der Waals surface area contributed by atoms with Gasteiger partial charge in [0.15, 0.2) is 0 Å². The van der Waals surface area contributed by atoms with Gasteiger partial charge in [-0.15, -0.1) is 0 Å². The van der Waals surface area contributed by atoms with Gasteiger partial charge in [-0.3, -0.25) is 0 Å². The van der Waals surface area contributed by atoms with Crippen LogP contribution in [0, 0.1) is 0 Å². The lowest BCUT2D eigenvalue weighted by Gasteiger charge is -2.26. The van der Waals surface area contributed by atoms with Crippen LogP contribution in [0.25, 0.3) is 0 Å². The first-order valence-electron chi connectivity index (χ1n) is 4.79. The zero-order valence-electron chi connectivity index (χ0n) is 9.32. The molecule has 0 bridgehead atoms.